The van der Waals surface area contributed by atoms with Gasteiger partial charge in [-0.3, -0.25) is 9.59 Å². The first-order valence-corrected chi connectivity index (χ1v) is 31.8. The van der Waals surface area contributed by atoms with Gasteiger partial charge in [0.2, 0.25) is 5.79 Å². The van der Waals surface area contributed by atoms with Crippen molar-refractivity contribution in [2.24, 2.45) is 0 Å². The highest BCUT2D eigenvalue weighted by Gasteiger charge is 2.69. The fourth-order valence-corrected chi connectivity index (χ4v) is 21.9. The van der Waals surface area contributed by atoms with Crippen LogP contribution in [0.25, 0.3) is 0 Å². The van der Waals surface area contributed by atoms with Crippen LogP contribution >= 0.6 is 0 Å². The molecule has 0 unspecified atom stereocenters. The van der Waals surface area contributed by atoms with Gasteiger partial charge in [0, 0.05) is 42.3 Å². The molecule has 2 aromatic carbocycles. The van der Waals surface area contributed by atoms with Crippen molar-refractivity contribution in [1.29, 1.82) is 0 Å². The summed E-state index contributed by atoms with van der Waals surface area (Å²) in [5.41, 5.74) is -0.400. The average molecular weight is 1220 g/mol. The largest absolute Gasteiger partial charge is 0.463 e. The third-order valence-electron chi connectivity index (χ3n) is 14.6. The maximum Gasteiger partial charge on any atom is 0.338 e. The second-order valence-electron chi connectivity index (χ2n) is 21.7. The number of rotatable bonds is 29. The summed E-state index contributed by atoms with van der Waals surface area (Å²) in [4.78, 5) is 55.0. The van der Waals surface area contributed by atoms with E-state index in [-0.39, 0.29) is 66.9 Å². The molecule has 1 N–H and O–H groups in total. The van der Waals surface area contributed by atoms with Crippen LogP contribution in [0.15, 0.2) is 60.7 Å². The molecule has 0 spiro atoms. The van der Waals surface area contributed by atoms with Gasteiger partial charge in [0.15, 0.2) is 24.8 Å². The molecule has 0 bridgehead atoms. The average Bonchev–Trinajstić information content (AvgIpc) is 3.38. The first-order valence-electron chi connectivity index (χ1n) is 27.8. The zero-order valence-electron chi connectivity index (χ0n) is 50.0. The SMILES string of the molecule is COCOC[C@H]1O[C@@H](O[C@H]2[C@@H](O[C@@]3(COC(C)=O)O[C@@H]4CO[Si](C(C)C)(C(C)C)O[Si](C(C)C)(C(C)C)O[C@H]4[C@@H]3OC(=O)c3ccccc3)O[C@H](COC(C)=O)[C@@H](OC(=O)c3ccccc3)[C@@H]2OCOC)[C@H](O)[C@@H](OCOC)[C@@H]1OCOC. The Morgan fingerprint density at radius 2 is 1.11 bits per heavy atom. The molecular weight excluding hydrogens is 1130 g/mol. The van der Waals surface area contributed by atoms with Crippen LogP contribution in [0.1, 0.15) is 90.0 Å². The summed E-state index contributed by atoms with van der Waals surface area (Å²) in [6, 6.07) is 16.2. The summed E-state index contributed by atoms with van der Waals surface area (Å²) in [6.07, 6.45) is -19.5. The number of benzene rings is 2. The molecular formula is C56H86O25Si2. The number of esters is 4. The molecule has 4 heterocycles. The second kappa shape index (κ2) is 31.6. The normalized spacial score (nSPS) is 30.6. The summed E-state index contributed by atoms with van der Waals surface area (Å²) in [7, 11) is -1.30. The molecule has 0 radical (unpaired) electrons. The van der Waals surface area contributed by atoms with Crippen LogP contribution in [0, 0.1) is 0 Å². The van der Waals surface area contributed by atoms with Crippen LogP contribution in [0.4, 0.5) is 0 Å². The highest BCUT2D eigenvalue weighted by Crippen LogP contribution is 2.51. The molecule has 0 aliphatic carbocycles. The maximum atomic E-state index is 14.7. The smallest absolute Gasteiger partial charge is 0.338 e. The number of fused-ring (bicyclic) bond motifs is 1. The lowest BCUT2D eigenvalue weighted by atomic mass is 9.96. The van der Waals surface area contributed by atoms with Crippen LogP contribution in [0.5, 0.6) is 0 Å². The van der Waals surface area contributed by atoms with Gasteiger partial charge in [0.05, 0.1) is 24.3 Å². The first-order chi connectivity index (χ1) is 39.6. The van der Waals surface area contributed by atoms with Crippen LogP contribution in [0.2, 0.25) is 22.2 Å². The Kier molecular flexibility index (Phi) is 26.0. The van der Waals surface area contributed by atoms with E-state index in [1.807, 2.05) is 27.7 Å². The van der Waals surface area contributed by atoms with Crippen molar-refractivity contribution >= 4 is 41.0 Å². The number of ether oxygens (including phenoxy) is 17. The van der Waals surface area contributed by atoms with E-state index >= 15 is 0 Å². The van der Waals surface area contributed by atoms with E-state index in [0.29, 0.717) is 0 Å². The lowest BCUT2D eigenvalue weighted by Gasteiger charge is -2.51. The third-order valence-corrected chi connectivity index (χ3v) is 24.9. The minimum absolute atomic E-state index is 0.0948. The number of methoxy groups -OCH3 is 4. The predicted molar refractivity (Wildman–Crippen MR) is 293 cm³/mol. The van der Waals surface area contributed by atoms with Crippen molar-refractivity contribution in [3.05, 3.63) is 71.8 Å². The van der Waals surface area contributed by atoms with E-state index in [2.05, 4.69) is 27.7 Å². The molecule has 2 aromatic rings. The van der Waals surface area contributed by atoms with Crippen molar-refractivity contribution in [3.63, 3.8) is 0 Å². The summed E-state index contributed by atoms with van der Waals surface area (Å²) in [6.45, 7) is 15.6. The molecule has 468 valence electrons. The zero-order valence-corrected chi connectivity index (χ0v) is 52.0. The minimum atomic E-state index is -3.60. The highest BCUT2D eigenvalue weighted by molar-refractivity contribution is 6.84. The lowest BCUT2D eigenvalue weighted by molar-refractivity contribution is -0.414. The number of hydrogen-bond donors (Lipinski definition) is 1. The van der Waals surface area contributed by atoms with Crippen molar-refractivity contribution < 1.29 is 118 Å². The first kappa shape index (κ1) is 68.2. The highest BCUT2D eigenvalue weighted by atomic mass is 28.5. The quantitative estimate of drug-likeness (QED) is 0.0350. The van der Waals surface area contributed by atoms with Gasteiger partial charge in [0.25, 0.3) is 0 Å². The van der Waals surface area contributed by atoms with E-state index in [1.165, 1.54) is 54.4 Å². The van der Waals surface area contributed by atoms with E-state index in [9.17, 15) is 24.3 Å². The van der Waals surface area contributed by atoms with Crippen LogP contribution in [0.3, 0.4) is 0 Å². The van der Waals surface area contributed by atoms with Crippen LogP contribution in [-0.4, -0.2) is 214 Å². The molecule has 4 saturated heterocycles. The Morgan fingerprint density at radius 3 is 1.64 bits per heavy atom. The van der Waals surface area contributed by atoms with Gasteiger partial charge >= 0.3 is 41.0 Å². The molecule has 4 aliphatic rings. The van der Waals surface area contributed by atoms with Crippen LogP contribution < -0.4 is 0 Å². The third kappa shape index (κ3) is 16.6. The fourth-order valence-electron chi connectivity index (χ4n) is 10.7. The Labute approximate surface area is 487 Å². The molecule has 0 amide bonds. The van der Waals surface area contributed by atoms with Crippen molar-refractivity contribution in [2.75, 3.05) is 82.0 Å². The predicted octanol–water partition coefficient (Wildman–Crippen LogP) is 5.42. The Balaban J connectivity index is 1.61. The molecule has 0 aromatic heterocycles. The number of aliphatic hydroxyl groups excluding tert-OH is 1. The second-order valence-corrected chi connectivity index (χ2v) is 30.6. The van der Waals surface area contributed by atoms with Gasteiger partial charge < -0.3 is 98.6 Å². The van der Waals surface area contributed by atoms with Gasteiger partial charge in [-0.15, -0.1) is 0 Å². The molecule has 83 heavy (non-hydrogen) atoms. The molecule has 0 saturated carbocycles. The minimum Gasteiger partial charge on any atom is -0.463 e. The molecule has 25 nitrogen and oxygen atoms in total. The fraction of sp³-hybridized carbons (Fsp3) is 0.714. The Morgan fingerprint density at radius 1 is 0.602 bits per heavy atom. The van der Waals surface area contributed by atoms with Crippen molar-refractivity contribution in [2.45, 2.75) is 177 Å². The lowest BCUT2D eigenvalue weighted by Crippen LogP contribution is -2.68. The molecule has 6 rings (SSSR count). The van der Waals surface area contributed by atoms with E-state index in [0.717, 1.165) is 0 Å². The number of aliphatic hydroxyl groups is 1. The number of carbonyl (C=O) groups is 4. The van der Waals surface area contributed by atoms with E-state index in [4.69, 9.17) is 93.5 Å². The van der Waals surface area contributed by atoms with Gasteiger partial charge in [-0.05, 0) is 46.4 Å². The molecule has 4 aliphatic heterocycles. The van der Waals surface area contributed by atoms with Gasteiger partial charge in [-0.2, -0.15) is 0 Å². The maximum absolute atomic E-state index is 14.7. The van der Waals surface area contributed by atoms with Gasteiger partial charge in [-0.25, -0.2) is 9.59 Å². The summed E-state index contributed by atoms with van der Waals surface area (Å²) in [5, 5.41) is 12.5. The Hall–Kier alpha value is -3.93. The standard InChI is InChI=1S/C56H86O25Si2/c1-33(2)82(34(3)4)72-27-43-47(80-83(81-82,35(5)6)36(7)8)51(77-53(61)40-23-19-16-20-24-40)56(78-43,28-68-38(10)58)79-55-50(76-54-44(59)48(70-31-64-13)45(69-30-63-12)41(73-54)25-66-29-62-11)49(71-32-65-14)46(42(74-55)26-67-37(9)57)75-52(60)39-21-17-15-18-22-39/h15-24,33-36,41-51,54-55,59H,25-32H2,1-14H3/t41-,42-,43-,44-,45-,46-,47-,48-,49+,50-,51+,54+,55-,56-/m1/s1. The molecule has 4 fully saturated rings. The summed E-state index contributed by atoms with van der Waals surface area (Å²) in [5.74, 6) is -5.67. The van der Waals surface area contributed by atoms with Crippen molar-refractivity contribution in [1.82, 2.24) is 0 Å². The van der Waals surface area contributed by atoms with Crippen LogP contribution in [-0.2, 0) is 103 Å². The van der Waals surface area contributed by atoms with Gasteiger partial charge in [-0.1, -0.05) is 91.8 Å². The van der Waals surface area contributed by atoms with E-state index < -0.39 is 147 Å². The zero-order chi connectivity index (χ0) is 60.6. The number of carbonyl (C=O) groups excluding carboxylic acids is 4. The molecule has 27 heteroatoms. The van der Waals surface area contributed by atoms with Crippen molar-refractivity contribution in [3.8, 4) is 0 Å². The Bertz CT molecular complexity index is 2300. The monoisotopic (exact) mass is 1210 g/mol. The van der Waals surface area contributed by atoms with Gasteiger partial charge in [0.1, 0.15) is 95.3 Å². The summed E-state index contributed by atoms with van der Waals surface area (Å²) < 4.78 is 127. The number of hydrogen-bond acceptors (Lipinski definition) is 25. The topological polar surface area (TPSA) is 273 Å². The molecule has 14 atom stereocenters. The van der Waals surface area contributed by atoms with E-state index in [1.54, 1.807) is 48.5 Å². The summed E-state index contributed by atoms with van der Waals surface area (Å²) >= 11 is 0.